The van der Waals surface area contributed by atoms with Gasteiger partial charge in [-0.3, -0.25) is 4.79 Å². The highest BCUT2D eigenvalue weighted by Crippen LogP contribution is 2.48. The molecular formula is C15H27NO3. The highest BCUT2D eigenvalue weighted by atomic mass is 16.5. The summed E-state index contributed by atoms with van der Waals surface area (Å²) in [6.07, 6.45) is 5.26. The first-order valence-electron chi connectivity index (χ1n) is 7.60. The quantitative estimate of drug-likeness (QED) is 0.801. The molecule has 4 heteroatoms. The van der Waals surface area contributed by atoms with Crippen molar-refractivity contribution >= 4 is 5.91 Å². The van der Waals surface area contributed by atoms with Gasteiger partial charge in [0.25, 0.3) is 0 Å². The molecule has 1 amide bonds. The van der Waals surface area contributed by atoms with Gasteiger partial charge in [0, 0.05) is 18.6 Å². The van der Waals surface area contributed by atoms with E-state index in [0.29, 0.717) is 0 Å². The smallest absolute Gasteiger partial charge is 0.225 e. The van der Waals surface area contributed by atoms with E-state index in [1.165, 1.54) is 0 Å². The van der Waals surface area contributed by atoms with Crippen molar-refractivity contribution in [2.75, 3.05) is 7.11 Å². The van der Waals surface area contributed by atoms with E-state index >= 15 is 0 Å². The summed E-state index contributed by atoms with van der Waals surface area (Å²) in [5.74, 6) is -0.163. The zero-order valence-corrected chi connectivity index (χ0v) is 12.3. The number of hydrogen-bond donors (Lipinski definition) is 2. The van der Waals surface area contributed by atoms with Crippen LogP contribution in [0.1, 0.15) is 52.4 Å². The van der Waals surface area contributed by atoms with Crippen molar-refractivity contribution < 1.29 is 14.6 Å². The summed E-state index contributed by atoms with van der Waals surface area (Å²) in [5, 5.41) is 13.0. The largest absolute Gasteiger partial charge is 0.392 e. The van der Waals surface area contributed by atoms with Crippen LogP contribution >= 0.6 is 0 Å². The van der Waals surface area contributed by atoms with Gasteiger partial charge in [0.2, 0.25) is 5.91 Å². The Balaban J connectivity index is 1.97. The Hall–Kier alpha value is -0.610. The molecule has 0 aromatic rings. The molecule has 0 aromatic heterocycles. The Morgan fingerprint density at radius 1 is 1.37 bits per heavy atom. The molecule has 0 radical (unpaired) electrons. The molecule has 2 N–H and O–H groups in total. The third kappa shape index (κ3) is 2.40. The average molecular weight is 269 g/mol. The van der Waals surface area contributed by atoms with Crippen molar-refractivity contribution in [1.82, 2.24) is 5.32 Å². The highest BCUT2D eigenvalue weighted by Gasteiger charge is 2.54. The maximum Gasteiger partial charge on any atom is 0.225 e. The Morgan fingerprint density at radius 3 is 2.53 bits per heavy atom. The lowest BCUT2D eigenvalue weighted by Gasteiger charge is -2.55. The molecule has 2 aliphatic carbocycles. The molecule has 0 aromatic carbocycles. The van der Waals surface area contributed by atoms with Gasteiger partial charge in [0.05, 0.1) is 18.1 Å². The predicted molar refractivity (Wildman–Crippen MR) is 73.7 cm³/mol. The third-order valence-corrected chi connectivity index (χ3v) is 5.52. The van der Waals surface area contributed by atoms with Crippen molar-refractivity contribution in [2.24, 2.45) is 11.3 Å². The molecule has 4 atom stereocenters. The number of aliphatic hydroxyl groups excluding tert-OH is 1. The number of nitrogens with one attached hydrogen (secondary N) is 1. The van der Waals surface area contributed by atoms with Crippen LogP contribution in [-0.4, -0.2) is 36.4 Å². The fraction of sp³-hybridized carbons (Fsp3) is 0.933. The second kappa shape index (κ2) is 5.80. The topological polar surface area (TPSA) is 58.6 Å². The second-order valence-electron chi connectivity index (χ2n) is 6.07. The molecule has 2 saturated carbocycles. The van der Waals surface area contributed by atoms with Crippen LogP contribution in [0.15, 0.2) is 0 Å². The van der Waals surface area contributed by atoms with E-state index in [9.17, 15) is 9.90 Å². The molecule has 0 spiro atoms. The Morgan fingerprint density at radius 2 is 2.05 bits per heavy atom. The van der Waals surface area contributed by atoms with E-state index in [2.05, 4.69) is 19.2 Å². The highest BCUT2D eigenvalue weighted by molar-refractivity contribution is 5.80. The molecule has 110 valence electrons. The molecule has 4 unspecified atom stereocenters. The van der Waals surface area contributed by atoms with Crippen LogP contribution in [0.25, 0.3) is 0 Å². The van der Waals surface area contributed by atoms with Crippen LogP contribution in [0.3, 0.4) is 0 Å². The maximum atomic E-state index is 12.3. The van der Waals surface area contributed by atoms with Gasteiger partial charge in [-0.05, 0) is 38.5 Å². The maximum absolute atomic E-state index is 12.3. The van der Waals surface area contributed by atoms with Crippen molar-refractivity contribution in [3.05, 3.63) is 0 Å². The lowest BCUT2D eigenvalue weighted by molar-refractivity contribution is -0.145. The van der Waals surface area contributed by atoms with Gasteiger partial charge in [0.15, 0.2) is 0 Å². The van der Waals surface area contributed by atoms with Gasteiger partial charge in [-0.2, -0.15) is 0 Å². The summed E-state index contributed by atoms with van der Waals surface area (Å²) in [6.45, 7) is 4.33. The van der Waals surface area contributed by atoms with Crippen molar-refractivity contribution in [3.8, 4) is 0 Å². The number of aliphatic hydroxyl groups is 1. The van der Waals surface area contributed by atoms with Crippen LogP contribution in [0, 0.1) is 11.3 Å². The lowest BCUT2D eigenvalue weighted by Crippen LogP contribution is -2.64. The van der Waals surface area contributed by atoms with Gasteiger partial charge in [-0.15, -0.1) is 0 Å². The van der Waals surface area contributed by atoms with Crippen molar-refractivity contribution in [1.29, 1.82) is 0 Å². The van der Waals surface area contributed by atoms with Crippen LogP contribution in [-0.2, 0) is 9.53 Å². The molecule has 19 heavy (non-hydrogen) atoms. The van der Waals surface area contributed by atoms with Crippen molar-refractivity contribution in [3.63, 3.8) is 0 Å². The Kier molecular flexibility index (Phi) is 4.51. The van der Waals surface area contributed by atoms with Crippen molar-refractivity contribution in [2.45, 2.75) is 70.6 Å². The zero-order valence-electron chi connectivity index (χ0n) is 12.3. The van der Waals surface area contributed by atoms with E-state index in [-0.39, 0.29) is 29.4 Å². The molecule has 2 rings (SSSR count). The molecule has 4 nitrogen and oxygen atoms in total. The SMILES string of the molecule is CCC1(CC)C(NC(=O)C2CCCC2O)CC1OC. The number of methoxy groups -OCH3 is 1. The normalized spacial score (nSPS) is 36.8. The second-order valence-corrected chi connectivity index (χ2v) is 6.07. The average Bonchev–Trinajstić information content (AvgIpc) is 2.82. The molecule has 2 aliphatic rings. The van der Waals surface area contributed by atoms with Crippen LogP contribution < -0.4 is 5.32 Å². The lowest BCUT2D eigenvalue weighted by atomic mass is 9.58. The molecular weight excluding hydrogens is 242 g/mol. The number of rotatable bonds is 5. The minimum atomic E-state index is -0.448. The van der Waals surface area contributed by atoms with E-state index < -0.39 is 6.10 Å². The number of carbonyl (C=O) groups excluding carboxylic acids is 1. The first kappa shape index (κ1) is 14.8. The molecule has 0 bridgehead atoms. The predicted octanol–water partition coefficient (Wildman–Crippen LogP) is 1.86. The van der Waals surface area contributed by atoms with E-state index in [1.807, 2.05) is 0 Å². The summed E-state index contributed by atoms with van der Waals surface area (Å²) in [5.41, 5.74) is 0.0773. The molecule has 2 fully saturated rings. The van der Waals surface area contributed by atoms with E-state index in [0.717, 1.165) is 38.5 Å². The van der Waals surface area contributed by atoms with Gasteiger partial charge in [-0.1, -0.05) is 13.8 Å². The Labute approximate surface area is 115 Å². The monoisotopic (exact) mass is 269 g/mol. The summed E-state index contributed by atoms with van der Waals surface area (Å²) >= 11 is 0. The summed E-state index contributed by atoms with van der Waals surface area (Å²) in [4.78, 5) is 12.3. The summed E-state index contributed by atoms with van der Waals surface area (Å²) in [7, 11) is 1.75. The fourth-order valence-electron chi connectivity index (χ4n) is 4.00. The van der Waals surface area contributed by atoms with E-state index in [1.54, 1.807) is 7.11 Å². The van der Waals surface area contributed by atoms with Crippen LogP contribution in [0.5, 0.6) is 0 Å². The molecule has 0 aliphatic heterocycles. The Bertz CT molecular complexity index is 327. The van der Waals surface area contributed by atoms with Crippen LogP contribution in [0.4, 0.5) is 0 Å². The number of ether oxygens (including phenoxy) is 1. The van der Waals surface area contributed by atoms with E-state index in [4.69, 9.17) is 4.74 Å². The molecule has 0 saturated heterocycles. The molecule has 0 heterocycles. The minimum Gasteiger partial charge on any atom is -0.392 e. The summed E-state index contributed by atoms with van der Waals surface area (Å²) in [6, 6.07) is 0.202. The van der Waals surface area contributed by atoms with Gasteiger partial charge in [-0.25, -0.2) is 0 Å². The number of amides is 1. The number of carbonyl (C=O) groups is 1. The first-order valence-corrected chi connectivity index (χ1v) is 7.60. The third-order valence-electron chi connectivity index (χ3n) is 5.52. The number of hydrogen-bond acceptors (Lipinski definition) is 3. The van der Waals surface area contributed by atoms with Gasteiger partial charge < -0.3 is 15.2 Å². The summed E-state index contributed by atoms with van der Waals surface area (Å²) < 4.78 is 5.54. The van der Waals surface area contributed by atoms with Gasteiger partial charge in [0.1, 0.15) is 0 Å². The first-order chi connectivity index (χ1) is 9.08. The van der Waals surface area contributed by atoms with Crippen LogP contribution in [0.2, 0.25) is 0 Å². The standard InChI is InChI=1S/C15H27NO3/c1-4-15(5-2)12(9-13(15)19-3)16-14(18)10-7-6-8-11(10)17/h10-13,17H,4-9H2,1-3H3,(H,16,18). The minimum absolute atomic E-state index is 0.0378. The van der Waals surface area contributed by atoms with Gasteiger partial charge >= 0.3 is 0 Å². The fourth-order valence-corrected chi connectivity index (χ4v) is 4.00. The zero-order chi connectivity index (χ0) is 14.0.